The van der Waals surface area contributed by atoms with E-state index >= 15 is 0 Å². The first-order valence-corrected chi connectivity index (χ1v) is 9.07. The lowest BCUT2D eigenvalue weighted by molar-refractivity contribution is 0.0632. The van der Waals surface area contributed by atoms with Gasteiger partial charge in [0.05, 0.1) is 0 Å². The minimum atomic E-state index is -3.43. The van der Waals surface area contributed by atoms with Gasteiger partial charge < -0.3 is 10.1 Å². The quantitative estimate of drug-likeness (QED) is 0.895. The Hall–Kier alpha value is -0.470. The fourth-order valence-electron chi connectivity index (χ4n) is 2.51. The van der Waals surface area contributed by atoms with Gasteiger partial charge in [-0.15, -0.1) is 11.3 Å². The topological polar surface area (TPSA) is 58.6 Å². The second-order valence-corrected chi connectivity index (χ2v) is 7.96. The second-order valence-electron chi connectivity index (χ2n) is 5.07. The molecule has 1 aromatic heterocycles. The molecule has 0 aromatic carbocycles. The first-order valence-electron chi connectivity index (χ1n) is 6.75. The summed E-state index contributed by atoms with van der Waals surface area (Å²) in [6, 6.07) is 0.0375. The van der Waals surface area contributed by atoms with Crippen LogP contribution in [-0.2, 0) is 21.3 Å². The van der Waals surface area contributed by atoms with Crippen molar-refractivity contribution >= 4 is 21.4 Å². The van der Waals surface area contributed by atoms with Crippen molar-refractivity contribution in [2.24, 2.45) is 0 Å². The van der Waals surface area contributed by atoms with E-state index in [1.54, 1.807) is 7.05 Å². The number of aryl methyl sites for hydroxylation is 1. The summed E-state index contributed by atoms with van der Waals surface area (Å²) in [6.07, 6.45) is 1.53. The molecule has 0 unspecified atom stereocenters. The molecule has 0 amide bonds. The molecule has 0 saturated carbocycles. The van der Waals surface area contributed by atoms with E-state index in [1.165, 1.54) is 15.6 Å². The van der Waals surface area contributed by atoms with Gasteiger partial charge in [0.2, 0.25) is 10.0 Å². The van der Waals surface area contributed by atoms with E-state index < -0.39 is 10.0 Å². The molecule has 1 aliphatic rings. The van der Waals surface area contributed by atoms with Gasteiger partial charge in [0, 0.05) is 37.7 Å². The minimum absolute atomic E-state index is 0.0375. The Bertz CT molecular complexity index is 548. The van der Waals surface area contributed by atoms with Gasteiger partial charge in [-0.2, -0.15) is 4.31 Å². The fraction of sp³-hybridized carbons (Fsp3) is 0.692. The second kappa shape index (κ2) is 6.53. The number of sulfonamides is 1. The maximum absolute atomic E-state index is 12.9. The van der Waals surface area contributed by atoms with Gasteiger partial charge >= 0.3 is 0 Å². The predicted octanol–water partition coefficient (Wildman–Crippen LogP) is 1.58. The molecule has 1 aromatic rings. The van der Waals surface area contributed by atoms with Gasteiger partial charge in [-0.3, -0.25) is 0 Å². The summed E-state index contributed by atoms with van der Waals surface area (Å²) < 4.78 is 32.6. The van der Waals surface area contributed by atoms with Gasteiger partial charge in [-0.25, -0.2) is 8.42 Å². The SMILES string of the molecule is CNCc1scc(C)c1S(=O)(=O)N(C)C1CCOCC1. The first kappa shape index (κ1) is 15.9. The molecule has 5 nitrogen and oxygen atoms in total. The molecule has 1 N–H and O–H groups in total. The lowest BCUT2D eigenvalue weighted by atomic mass is 10.1. The molecule has 2 rings (SSSR count). The number of rotatable bonds is 5. The van der Waals surface area contributed by atoms with E-state index in [4.69, 9.17) is 4.74 Å². The van der Waals surface area contributed by atoms with Crippen molar-refractivity contribution in [1.82, 2.24) is 9.62 Å². The Morgan fingerprint density at radius 2 is 2.10 bits per heavy atom. The summed E-state index contributed by atoms with van der Waals surface area (Å²) in [4.78, 5) is 1.36. The molecule has 0 aliphatic carbocycles. The van der Waals surface area contributed by atoms with E-state index in [0.29, 0.717) is 24.7 Å². The average Bonchev–Trinajstić information content (AvgIpc) is 2.81. The number of hydrogen-bond donors (Lipinski definition) is 1. The van der Waals surface area contributed by atoms with Crippen LogP contribution in [-0.4, -0.2) is 46.1 Å². The normalized spacial score (nSPS) is 17.8. The van der Waals surface area contributed by atoms with Gasteiger partial charge in [0.1, 0.15) is 4.90 Å². The Morgan fingerprint density at radius 1 is 1.45 bits per heavy atom. The number of thiophene rings is 1. The van der Waals surface area contributed by atoms with E-state index in [1.807, 2.05) is 19.4 Å². The third-order valence-corrected chi connectivity index (χ3v) is 7.04. The van der Waals surface area contributed by atoms with Crippen LogP contribution in [0.25, 0.3) is 0 Å². The standard InChI is InChI=1S/C13H22N2O3S2/c1-10-9-19-12(8-14-2)13(10)20(16,17)15(3)11-4-6-18-7-5-11/h9,11,14H,4-8H2,1-3H3. The molecule has 0 radical (unpaired) electrons. The Balaban J connectivity index is 2.31. The zero-order chi connectivity index (χ0) is 14.8. The summed E-state index contributed by atoms with van der Waals surface area (Å²) in [5.41, 5.74) is 0.833. The number of nitrogens with one attached hydrogen (secondary N) is 1. The highest BCUT2D eigenvalue weighted by atomic mass is 32.2. The molecule has 0 bridgehead atoms. The van der Waals surface area contributed by atoms with Crippen molar-refractivity contribution in [3.05, 3.63) is 15.8 Å². The van der Waals surface area contributed by atoms with E-state index in [-0.39, 0.29) is 6.04 Å². The number of hydrogen-bond acceptors (Lipinski definition) is 5. The van der Waals surface area contributed by atoms with Crippen molar-refractivity contribution in [2.75, 3.05) is 27.3 Å². The minimum Gasteiger partial charge on any atom is -0.381 e. The molecule has 1 saturated heterocycles. The van der Waals surface area contributed by atoms with Crippen molar-refractivity contribution in [3.63, 3.8) is 0 Å². The lowest BCUT2D eigenvalue weighted by Crippen LogP contribution is -2.41. The van der Waals surface area contributed by atoms with Crippen LogP contribution in [0.4, 0.5) is 0 Å². The van der Waals surface area contributed by atoms with E-state index in [9.17, 15) is 8.42 Å². The van der Waals surface area contributed by atoms with Gasteiger partial charge in [-0.1, -0.05) is 0 Å². The Labute approximate surface area is 125 Å². The molecule has 0 atom stereocenters. The van der Waals surface area contributed by atoms with Crippen LogP contribution in [0, 0.1) is 6.92 Å². The zero-order valence-electron chi connectivity index (χ0n) is 12.2. The largest absolute Gasteiger partial charge is 0.381 e. The van der Waals surface area contributed by atoms with E-state index in [2.05, 4.69) is 5.32 Å². The lowest BCUT2D eigenvalue weighted by Gasteiger charge is -2.30. The third kappa shape index (κ3) is 3.07. The van der Waals surface area contributed by atoms with Gasteiger partial charge in [-0.05, 0) is 37.8 Å². The van der Waals surface area contributed by atoms with Crippen LogP contribution >= 0.6 is 11.3 Å². The van der Waals surface area contributed by atoms with Gasteiger partial charge in [0.25, 0.3) is 0 Å². The van der Waals surface area contributed by atoms with Gasteiger partial charge in [0.15, 0.2) is 0 Å². The van der Waals surface area contributed by atoms with Crippen molar-refractivity contribution in [1.29, 1.82) is 0 Å². The summed E-state index contributed by atoms with van der Waals surface area (Å²) in [5, 5.41) is 4.95. The smallest absolute Gasteiger partial charge is 0.244 e. The Morgan fingerprint density at radius 3 is 2.70 bits per heavy atom. The number of ether oxygens (including phenoxy) is 1. The van der Waals surface area contributed by atoms with Crippen LogP contribution < -0.4 is 5.32 Å². The Kier molecular flexibility index (Phi) is 5.19. The van der Waals surface area contributed by atoms with Crippen molar-refractivity contribution in [2.45, 2.75) is 37.2 Å². The highest BCUT2D eigenvalue weighted by Gasteiger charge is 2.32. The average molecular weight is 318 g/mol. The zero-order valence-corrected chi connectivity index (χ0v) is 13.8. The van der Waals surface area contributed by atoms with Crippen molar-refractivity contribution < 1.29 is 13.2 Å². The molecule has 1 fully saturated rings. The number of nitrogens with zero attached hydrogens (tertiary/aromatic N) is 1. The first-order chi connectivity index (χ1) is 9.48. The maximum atomic E-state index is 12.9. The van der Waals surface area contributed by atoms with Crippen LogP contribution in [0.1, 0.15) is 23.3 Å². The summed E-state index contributed by atoms with van der Waals surface area (Å²) in [7, 11) is 0.0825. The fourth-order valence-corrected chi connectivity index (χ4v) is 5.69. The summed E-state index contributed by atoms with van der Waals surface area (Å²) in [5.74, 6) is 0. The highest BCUT2D eigenvalue weighted by molar-refractivity contribution is 7.89. The molecular formula is C13H22N2O3S2. The maximum Gasteiger partial charge on any atom is 0.244 e. The molecule has 114 valence electrons. The van der Waals surface area contributed by atoms with Crippen LogP contribution in [0.2, 0.25) is 0 Å². The molecule has 20 heavy (non-hydrogen) atoms. The van der Waals surface area contributed by atoms with Crippen LogP contribution in [0.5, 0.6) is 0 Å². The highest BCUT2D eigenvalue weighted by Crippen LogP contribution is 2.31. The predicted molar refractivity (Wildman–Crippen MR) is 80.6 cm³/mol. The van der Waals surface area contributed by atoms with Crippen LogP contribution in [0.3, 0.4) is 0 Å². The third-order valence-electron chi connectivity index (χ3n) is 3.67. The van der Waals surface area contributed by atoms with E-state index in [0.717, 1.165) is 23.3 Å². The monoisotopic (exact) mass is 318 g/mol. The van der Waals surface area contributed by atoms with Crippen LogP contribution in [0.15, 0.2) is 10.3 Å². The molecule has 1 aliphatic heterocycles. The summed E-state index contributed by atoms with van der Waals surface area (Å²) in [6.45, 7) is 3.71. The molecule has 0 spiro atoms. The summed E-state index contributed by atoms with van der Waals surface area (Å²) >= 11 is 1.50. The van der Waals surface area contributed by atoms with Crippen molar-refractivity contribution in [3.8, 4) is 0 Å². The molecular weight excluding hydrogens is 296 g/mol. The molecule has 7 heteroatoms. The molecule has 2 heterocycles.